The first-order valence-corrected chi connectivity index (χ1v) is 8.53. The van der Waals surface area contributed by atoms with Gasteiger partial charge in [-0.15, -0.1) is 13.2 Å². The molecule has 0 saturated carbocycles. The standard InChI is InChI=1S/C22H21N5/c1-3-14-27(15-4-2)22(16-19(17-23)18-24)12-10-21(11-13-22)26-25-20-8-6-5-7-9-20/h3-12,16H,1-2,13-15H2. The molecular formula is C22H21N5. The fourth-order valence-electron chi connectivity index (χ4n) is 2.82. The molecule has 0 spiro atoms. The molecule has 0 aromatic heterocycles. The number of azo groups is 1. The Morgan fingerprint density at radius 1 is 1.11 bits per heavy atom. The highest BCUT2D eigenvalue weighted by molar-refractivity contribution is 5.44. The number of nitrogens with zero attached hydrogens (tertiary/aromatic N) is 5. The maximum atomic E-state index is 9.20. The summed E-state index contributed by atoms with van der Waals surface area (Å²) in [7, 11) is 0. The van der Waals surface area contributed by atoms with Crippen LogP contribution in [0, 0.1) is 22.7 Å². The molecule has 2 rings (SSSR count). The fourth-order valence-corrected chi connectivity index (χ4v) is 2.82. The highest BCUT2D eigenvalue weighted by Crippen LogP contribution is 2.31. The molecule has 0 N–H and O–H groups in total. The second-order valence-corrected chi connectivity index (χ2v) is 5.96. The van der Waals surface area contributed by atoms with Crippen molar-refractivity contribution in [1.82, 2.24) is 4.90 Å². The minimum Gasteiger partial charge on any atom is -0.283 e. The third-order valence-electron chi connectivity index (χ3n) is 4.14. The van der Waals surface area contributed by atoms with Gasteiger partial charge in [-0.25, -0.2) is 0 Å². The van der Waals surface area contributed by atoms with Gasteiger partial charge in [0, 0.05) is 13.1 Å². The largest absolute Gasteiger partial charge is 0.283 e. The summed E-state index contributed by atoms with van der Waals surface area (Å²) in [4.78, 5) is 2.10. The zero-order valence-corrected chi connectivity index (χ0v) is 15.1. The lowest BCUT2D eigenvalue weighted by atomic mass is 9.86. The Labute approximate surface area is 160 Å². The normalized spacial score (nSPS) is 18.4. The predicted octanol–water partition coefficient (Wildman–Crippen LogP) is 5.00. The maximum Gasteiger partial charge on any atom is 0.127 e. The summed E-state index contributed by atoms with van der Waals surface area (Å²) >= 11 is 0. The summed E-state index contributed by atoms with van der Waals surface area (Å²) in [5, 5.41) is 26.9. The third-order valence-corrected chi connectivity index (χ3v) is 4.14. The van der Waals surface area contributed by atoms with E-state index >= 15 is 0 Å². The van der Waals surface area contributed by atoms with Gasteiger partial charge < -0.3 is 0 Å². The first-order chi connectivity index (χ1) is 13.2. The highest BCUT2D eigenvalue weighted by atomic mass is 15.2. The molecule has 1 aliphatic carbocycles. The second-order valence-electron chi connectivity index (χ2n) is 5.96. The summed E-state index contributed by atoms with van der Waals surface area (Å²) in [6.45, 7) is 8.79. The Kier molecular flexibility index (Phi) is 7.19. The fraction of sp³-hybridized carbons (Fsp3) is 0.182. The van der Waals surface area contributed by atoms with Gasteiger partial charge in [0.05, 0.1) is 16.9 Å². The molecule has 1 aromatic rings. The van der Waals surface area contributed by atoms with Crippen molar-refractivity contribution in [3.63, 3.8) is 0 Å². The van der Waals surface area contributed by atoms with Crippen molar-refractivity contribution < 1.29 is 0 Å². The average molecular weight is 355 g/mol. The van der Waals surface area contributed by atoms with Gasteiger partial charge in [-0.2, -0.15) is 20.8 Å². The van der Waals surface area contributed by atoms with Gasteiger partial charge in [-0.1, -0.05) is 42.5 Å². The van der Waals surface area contributed by atoms with Crippen molar-refractivity contribution in [1.29, 1.82) is 10.5 Å². The van der Waals surface area contributed by atoms with Crippen molar-refractivity contribution in [2.45, 2.75) is 12.0 Å². The van der Waals surface area contributed by atoms with E-state index in [1.54, 1.807) is 18.2 Å². The van der Waals surface area contributed by atoms with Crippen LogP contribution in [0.2, 0.25) is 0 Å². The number of allylic oxidation sites excluding steroid dienone is 2. The smallest absolute Gasteiger partial charge is 0.127 e. The Morgan fingerprint density at radius 3 is 2.30 bits per heavy atom. The molecule has 0 saturated heterocycles. The van der Waals surface area contributed by atoms with Crippen LogP contribution in [0.4, 0.5) is 5.69 Å². The maximum absolute atomic E-state index is 9.20. The summed E-state index contributed by atoms with van der Waals surface area (Å²) in [6.07, 6.45) is 11.6. The van der Waals surface area contributed by atoms with E-state index in [0.29, 0.717) is 19.5 Å². The minimum absolute atomic E-state index is 0.0699. The Hall–Kier alpha value is -3.54. The average Bonchev–Trinajstić information content (AvgIpc) is 2.72. The van der Waals surface area contributed by atoms with E-state index in [1.165, 1.54) is 0 Å². The zero-order chi connectivity index (χ0) is 19.5. The molecule has 134 valence electrons. The van der Waals surface area contributed by atoms with Crippen LogP contribution in [-0.2, 0) is 0 Å². The van der Waals surface area contributed by atoms with E-state index in [0.717, 1.165) is 11.4 Å². The molecule has 0 amide bonds. The molecule has 1 aliphatic rings. The summed E-state index contributed by atoms with van der Waals surface area (Å²) in [5.74, 6) is 0. The molecule has 0 heterocycles. The van der Waals surface area contributed by atoms with Crippen LogP contribution in [0.15, 0.2) is 101 Å². The van der Waals surface area contributed by atoms with Gasteiger partial charge in [0.1, 0.15) is 17.7 Å². The van der Waals surface area contributed by atoms with E-state index in [9.17, 15) is 10.5 Å². The van der Waals surface area contributed by atoms with Gasteiger partial charge in [0.2, 0.25) is 0 Å². The van der Waals surface area contributed by atoms with E-state index in [4.69, 9.17) is 0 Å². The SMILES string of the molecule is C=CCN(CC=C)C1(C=C(C#N)C#N)C=CC(N=Nc2ccccc2)=CC1. The molecule has 1 atom stereocenters. The molecule has 5 nitrogen and oxygen atoms in total. The van der Waals surface area contributed by atoms with Crippen LogP contribution in [-0.4, -0.2) is 23.5 Å². The van der Waals surface area contributed by atoms with E-state index < -0.39 is 5.54 Å². The van der Waals surface area contributed by atoms with Crippen LogP contribution < -0.4 is 0 Å². The van der Waals surface area contributed by atoms with Crippen molar-refractivity contribution in [3.05, 3.63) is 91.2 Å². The van der Waals surface area contributed by atoms with Gasteiger partial charge in [-0.05, 0) is 30.7 Å². The van der Waals surface area contributed by atoms with Crippen LogP contribution >= 0.6 is 0 Å². The van der Waals surface area contributed by atoms with Crippen LogP contribution in [0.1, 0.15) is 6.42 Å². The predicted molar refractivity (Wildman–Crippen MR) is 107 cm³/mol. The van der Waals surface area contributed by atoms with Crippen LogP contribution in [0.3, 0.4) is 0 Å². The molecule has 0 bridgehead atoms. The minimum atomic E-state index is -0.616. The van der Waals surface area contributed by atoms with Gasteiger partial charge in [0.15, 0.2) is 0 Å². The lowest BCUT2D eigenvalue weighted by Gasteiger charge is -2.39. The van der Waals surface area contributed by atoms with Gasteiger partial charge in [0.25, 0.3) is 0 Å². The number of hydrogen-bond acceptors (Lipinski definition) is 5. The second kappa shape index (κ2) is 9.82. The Balaban J connectivity index is 2.32. The van der Waals surface area contributed by atoms with Gasteiger partial charge >= 0.3 is 0 Å². The Morgan fingerprint density at radius 2 is 1.78 bits per heavy atom. The summed E-state index contributed by atoms with van der Waals surface area (Å²) < 4.78 is 0. The van der Waals surface area contributed by atoms with Crippen LogP contribution in [0.25, 0.3) is 0 Å². The quantitative estimate of drug-likeness (QED) is 0.374. The Bertz CT molecular complexity index is 852. The van der Waals surface area contributed by atoms with Crippen LogP contribution in [0.5, 0.6) is 0 Å². The topological polar surface area (TPSA) is 75.5 Å². The molecule has 1 aromatic carbocycles. The molecule has 0 radical (unpaired) electrons. The van der Waals surface area contributed by atoms with Crippen molar-refractivity contribution in [3.8, 4) is 12.1 Å². The first-order valence-electron chi connectivity index (χ1n) is 8.53. The number of benzene rings is 1. The lowest BCUT2D eigenvalue weighted by Crippen LogP contribution is -2.46. The first kappa shape index (κ1) is 19.8. The molecule has 1 unspecified atom stereocenters. The molecule has 0 aliphatic heterocycles. The third kappa shape index (κ3) is 5.22. The van der Waals surface area contributed by atoms with E-state index in [1.807, 2.05) is 60.7 Å². The van der Waals surface area contributed by atoms with Crippen molar-refractivity contribution >= 4 is 5.69 Å². The van der Waals surface area contributed by atoms with Crippen molar-refractivity contribution in [2.75, 3.05) is 13.1 Å². The summed E-state index contributed by atoms with van der Waals surface area (Å²) in [5.41, 5.74) is 0.963. The molecule has 27 heavy (non-hydrogen) atoms. The number of hydrogen-bond donors (Lipinski definition) is 0. The molecule has 0 fully saturated rings. The monoisotopic (exact) mass is 355 g/mol. The number of nitriles is 2. The van der Waals surface area contributed by atoms with Crippen molar-refractivity contribution in [2.24, 2.45) is 10.2 Å². The molecule has 5 heteroatoms. The van der Waals surface area contributed by atoms with E-state index in [-0.39, 0.29) is 5.57 Å². The zero-order valence-electron chi connectivity index (χ0n) is 15.1. The van der Waals surface area contributed by atoms with E-state index in [2.05, 4.69) is 28.3 Å². The molecular weight excluding hydrogens is 334 g/mol. The summed E-state index contributed by atoms with van der Waals surface area (Å²) in [6, 6.07) is 13.4. The highest BCUT2D eigenvalue weighted by Gasteiger charge is 2.32. The lowest BCUT2D eigenvalue weighted by molar-refractivity contribution is 0.211. The van der Waals surface area contributed by atoms with Gasteiger partial charge in [-0.3, -0.25) is 4.90 Å². The number of rotatable bonds is 8.